The van der Waals surface area contributed by atoms with Gasteiger partial charge in [-0.3, -0.25) is 4.79 Å². The third-order valence-electron chi connectivity index (χ3n) is 5.77. The zero-order chi connectivity index (χ0) is 22.4. The fraction of sp³-hybridized carbons (Fsp3) is 0.346. The van der Waals surface area contributed by atoms with Gasteiger partial charge >= 0.3 is 0 Å². The van der Waals surface area contributed by atoms with Gasteiger partial charge in [0, 0.05) is 23.0 Å². The van der Waals surface area contributed by atoms with Gasteiger partial charge in [-0.1, -0.05) is 59.8 Å². The first-order valence-electron chi connectivity index (χ1n) is 10.8. The molecule has 3 atom stereocenters. The Bertz CT molecular complexity index is 1040. The molecule has 0 spiro atoms. The zero-order valence-corrected chi connectivity index (χ0v) is 18.5. The average molecular weight is 452 g/mol. The van der Waals surface area contributed by atoms with E-state index in [9.17, 15) is 9.90 Å². The number of hydrogen-bond acceptors (Lipinski definition) is 4. The number of aliphatic hydroxyl groups is 1. The molecule has 4 rings (SSSR count). The third kappa shape index (κ3) is 5.85. The number of halogens is 1. The van der Waals surface area contributed by atoms with Crippen LogP contribution in [0.1, 0.15) is 36.8 Å². The van der Waals surface area contributed by atoms with Crippen molar-refractivity contribution in [3.63, 3.8) is 0 Å². The molecule has 1 heterocycles. The van der Waals surface area contributed by atoms with Crippen LogP contribution in [0.15, 0.2) is 66.6 Å². The third-order valence-corrected chi connectivity index (χ3v) is 6.01. The second-order valence-corrected chi connectivity index (χ2v) is 8.72. The fourth-order valence-electron chi connectivity index (χ4n) is 4.15. The van der Waals surface area contributed by atoms with Crippen LogP contribution in [-0.2, 0) is 20.7 Å². The van der Waals surface area contributed by atoms with Crippen LogP contribution in [0, 0.1) is 17.8 Å². The molecule has 6 heteroatoms. The molecule has 0 aromatic heterocycles. The lowest BCUT2D eigenvalue weighted by atomic mass is 9.81. The van der Waals surface area contributed by atoms with E-state index in [1.165, 1.54) is 6.26 Å². The van der Waals surface area contributed by atoms with Gasteiger partial charge in [0.15, 0.2) is 0 Å². The van der Waals surface area contributed by atoms with Crippen molar-refractivity contribution in [1.82, 2.24) is 5.32 Å². The summed E-state index contributed by atoms with van der Waals surface area (Å²) in [6.45, 7) is 0.121. The van der Waals surface area contributed by atoms with Crippen LogP contribution < -0.4 is 5.32 Å². The maximum Gasteiger partial charge on any atom is 0.231 e. The second-order valence-electron chi connectivity index (χ2n) is 8.29. The Morgan fingerprint density at radius 1 is 1.25 bits per heavy atom. The van der Waals surface area contributed by atoms with Crippen LogP contribution in [0.25, 0.3) is 0 Å². The van der Waals surface area contributed by atoms with Crippen molar-refractivity contribution in [1.29, 1.82) is 0 Å². The molecule has 0 saturated heterocycles. The molecule has 2 aromatic rings. The fourth-order valence-corrected chi connectivity index (χ4v) is 4.34. The molecule has 1 fully saturated rings. The van der Waals surface area contributed by atoms with E-state index < -0.39 is 11.5 Å². The maximum atomic E-state index is 13.2. The Morgan fingerprint density at radius 3 is 2.84 bits per heavy atom. The highest BCUT2D eigenvalue weighted by Gasteiger charge is 2.36. The van der Waals surface area contributed by atoms with Crippen LogP contribution in [0.5, 0.6) is 0 Å². The molecule has 2 N–H and O–H groups in total. The van der Waals surface area contributed by atoms with Crippen LogP contribution in [-0.4, -0.2) is 29.4 Å². The van der Waals surface area contributed by atoms with Crippen molar-refractivity contribution >= 4 is 17.5 Å². The van der Waals surface area contributed by atoms with Gasteiger partial charge in [0.2, 0.25) is 12.7 Å². The van der Waals surface area contributed by atoms with Crippen LogP contribution in [0.2, 0.25) is 5.02 Å². The molecule has 1 aliphatic carbocycles. The Hall–Kier alpha value is -2.94. The molecule has 2 aliphatic rings. The highest BCUT2D eigenvalue weighted by atomic mass is 35.5. The minimum absolute atomic E-state index is 0.121. The smallest absolute Gasteiger partial charge is 0.231 e. The van der Waals surface area contributed by atoms with E-state index in [0.29, 0.717) is 30.0 Å². The van der Waals surface area contributed by atoms with Crippen LogP contribution in [0.3, 0.4) is 0 Å². The number of carbonyl (C=O) groups excluding carboxylic acids is 1. The summed E-state index contributed by atoms with van der Waals surface area (Å²) in [6, 6.07) is 16.9. The summed E-state index contributed by atoms with van der Waals surface area (Å²) in [4.78, 5) is 13.2. The first kappa shape index (κ1) is 22.3. The van der Waals surface area contributed by atoms with Crippen LogP contribution >= 0.6 is 11.6 Å². The minimum Gasteiger partial charge on any atom is -0.462 e. The Morgan fingerprint density at radius 2 is 2.09 bits per heavy atom. The normalized spacial score (nSPS) is 23.1. The SMILES string of the molecule is O=C(N[C@H]1CCC[C@@](O)(C#Cc2cccc(Cl)c2)C1)C(Cc1ccccc1)C1=COCO1. The summed E-state index contributed by atoms with van der Waals surface area (Å²) in [6.07, 6.45) is 4.54. The van der Waals surface area contributed by atoms with Crippen molar-refractivity contribution in [2.24, 2.45) is 5.92 Å². The predicted molar refractivity (Wildman–Crippen MR) is 122 cm³/mol. The summed E-state index contributed by atoms with van der Waals surface area (Å²) in [7, 11) is 0. The van der Waals surface area contributed by atoms with E-state index in [2.05, 4.69) is 17.2 Å². The summed E-state index contributed by atoms with van der Waals surface area (Å²) < 4.78 is 10.7. The lowest BCUT2D eigenvalue weighted by Gasteiger charge is -2.34. The van der Waals surface area contributed by atoms with Crippen molar-refractivity contribution in [2.45, 2.75) is 43.7 Å². The summed E-state index contributed by atoms with van der Waals surface area (Å²) >= 11 is 6.02. The van der Waals surface area contributed by atoms with Gasteiger partial charge in [0.25, 0.3) is 0 Å². The average Bonchev–Trinajstić information content (AvgIpc) is 3.31. The summed E-state index contributed by atoms with van der Waals surface area (Å²) in [5, 5.41) is 14.8. The lowest BCUT2D eigenvalue weighted by Crippen LogP contribution is -2.47. The molecule has 1 unspecified atom stereocenters. The molecule has 0 radical (unpaired) electrons. The van der Waals surface area contributed by atoms with Gasteiger partial charge in [-0.25, -0.2) is 0 Å². The van der Waals surface area contributed by atoms with E-state index in [-0.39, 0.29) is 18.7 Å². The highest BCUT2D eigenvalue weighted by molar-refractivity contribution is 6.30. The highest BCUT2D eigenvalue weighted by Crippen LogP contribution is 2.29. The molecule has 32 heavy (non-hydrogen) atoms. The lowest BCUT2D eigenvalue weighted by molar-refractivity contribution is -0.126. The molecule has 166 valence electrons. The molecule has 5 nitrogen and oxygen atoms in total. The van der Waals surface area contributed by atoms with Gasteiger partial charge in [-0.2, -0.15) is 0 Å². The van der Waals surface area contributed by atoms with Gasteiger partial charge in [-0.05, 0) is 49.4 Å². The van der Waals surface area contributed by atoms with E-state index >= 15 is 0 Å². The van der Waals surface area contributed by atoms with E-state index in [4.69, 9.17) is 21.1 Å². The summed E-state index contributed by atoms with van der Waals surface area (Å²) in [5.41, 5.74) is 0.640. The Balaban J connectivity index is 1.44. The predicted octanol–water partition coefficient (Wildman–Crippen LogP) is 4.19. The van der Waals surface area contributed by atoms with Gasteiger partial charge in [-0.15, -0.1) is 0 Å². The zero-order valence-electron chi connectivity index (χ0n) is 17.7. The van der Waals surface area contributed by atoms with E-state index in [1.54, 1.807) is 12.1 Å². The molecule has 1 aliphatic heterocycles. The van der Waals surface area contributed by atoms with Gasteiger partial charge in [0.05, 0.1) is 0 Å². The van der Waals surface area contributed by atoms with Gasteiger partial charge < -0.3 is 19.9 Å². The largest absolute Gasteiger partial charge is 0.462 e. The quantitative estimate of drug-likeness (QED) is 0.669. The molecule has 1 amide bonds. The molecular formula is C26H26ClNO4. The Kier molecular flexibility index (Phi) is 7.04. The van der Waals surface area contributed by atoms with Gasteiger partial charge in [0.1, 0.15) is 23.5 Å². The molecule has 1 saturated carbocycles. The van der Waals surface area contributed by atoms with Crippen molar-refractivity contribution in [3.8, 4) is 11.8 Å². The van der Waals surface area contributed by atoms with Crippen molar-refractivity contribution < 1.29 is 19.4 Å². The minimum atomic E-state index is -1.15. The maximum absolute atomic E-state index is 13.2. The number of amides is 1. The first-order chi connectivity index (χ1) is 15.5. The topological polar surface area (TPSA) is 67.8 Å². The standard InChI is InChI=1S/C26H26ClNO4/c27-21-9-4-8-20(14-21)11-13-26(30)12-5-10-22(16-26)28-25(29)23(24-17-31-18-32-24)15-19-6-2-1-3-7-19/h1-4,6-9,14,17,22-23,30H,5,10,12,15-16,18H2,(H,28,29)/t22-,23?,26+/m0/s1. The number of nitrogens with one attached hydrogen (secondary N) is 1. The number of carbonyl (C=O) groups is 1. The number of benzene rings is 2. The van der Waals surface area contributed by atoms with Crippen LogP contribution in [0.4, 0.5) is 0 Å². The monoisotopic (exact) mass is 451 g/mol. The Labute approximate surface area is 193 Å². The second kappa shape index (κ2) is 10.1. The molecular weight excluding hydrogens is 426 g/mol. The first-order valence-corrected chi connectivity index (χ1v) is 11.2. The number of hydrogen-bond donors (Lipinski definition) is 2. The van der Waals surface area contributed by atoms with Crippen molar-refractivity contribution in [3.05, 3.63) is 82.8 Å². The van der Waals surface area contributed by atoms with E-state index in [1.807, 2.05) is 42.5 Å². The number of rotatable bonds is 5. The number of ether oxygens (including phenoxy) is 2. The van der Waals surface area contributed by atoms with Crippen molar-refractivity contribution in [2.75, 3.05) is 6.79 Å². The summed E-state index contributed by atoms with van der Waals surface area (Å²) in [5.74, 6) is 5.93. The molecule has 0 bridgehead atoms. The molecule has 2 aromatic carbocycles. The van der Waals surface area contributed by atoms with E-state index in [0.717, 1.165) is 24.0 Å².